The second-order valence-electron chi connectivity index (χ2n) is 4.48. The van der Waals surface area contributed by atoms with Gasteiger partial charge in [-0.05, 0) is 25.0 Å². The highest BCUT2D eigenvalue weighted by Gasteiger charge is 2.37. The maximum Gasteiger partial charge on any atom is 0.280 e. The Labute approximate surface area is 111 Å². The van der Waals surface area contributed by atoms with E-state index < -0.39 is 11.8 Å². The van der Waals surface area contributed by atoms with Crippen molar-refractivity contribution in [1.82, 2.24) is 10.4 Å². The predicted molar refractivity (Wildman–Crippen MR) is 69.2 cm³/mol. The molecule has 0 fully saturated rings. The van der Waals surface area contributed by atoms with Crippen LogP contribution < -0.4 is 5.43 Å². The molecule has 0 saturated heterocycles. The lowest BCUT2D eigenvalue weighted by atomic mass is 10.0. The van der Waals surface area contributed by atoms with Crippen molar-refractivity contribution in [2.45, 2.75) is 26.7 Å². The molecule has 0 unspecified atom stereocenters. The van der Waals surface area contributed by atoms with E-state index in [2.05, 4.69) is 5.43 Å². The monoisotopic (exact) mass is 260 g/mol. The van der Waals surface area contributed by atoms with Crippen LogP contribution in [0.25, 0.3) is 0 Å². The second-order valence-corrected chi connectivity index (χ2v) is 4.48. The van der Waals surface area contributed by atoms with Gasteiger partial charge in [0.05, 0.1) is 11.1 Å². The predicted octanol–water partition coefficient (Wildman–Crippen LogP) is 1.75. The van der Waals surface area contributed by atoms with Gasteiger partial charge in [-0.2, -0.15) is 5.01 Å². The SMILES string of the molecule is CCC(CC)C(=O)NN1C(=O)c2ccccc2C1=O. The molecule has 0 bridgehead atoms. The molecule has 19 heavy (non-hydrogen) atoms. The average molecular weight is 260 g/mol. The van der Waals surface area contributed by atoms with Gasteiger partial charge in [0.2, 0.25) is 5.91 Å². The summed E-state index contributed by atoms with van der Waals surface area (Å²) in [6, 6.07) is 6.55. The number of benzene rings is 1. The van der Waals surface area contributed by atoms with E-state index in [4.69, 9.17) is 0 Å². The van der Waals surface area contributed by atoms with E-state index in [0.717, 1.165) is 5.01 Å². The van der Waals surface area contributed by atoms with Gasteiger partial charge in [0.25, 0.3) is 11.8 Å². The van der Waals surface area contributed by atoms with E-state index >= 15 is 0 Å². The quantitative estimate of drug-likeness (QED) is 0.839. The highest BCUT2D eigenvalue weighted by atomic mass is 16.2. The van der Waals surface area contributed by atoms with Crippen molar-refractivity contribution < 1.29 is 14.4 Å². The molecule has 3 amide bonds. The van der Waals surface area contributed by atoms with Gasteiger partial charge < -0.3 is 0 Å². The molecule has 1 aliphatic heterocycles. The number of hydrogen-bond acceptors (Lipinski definition) is 3. The molecular formula is C14H16N2O3. The fraction of sp³-hybridized carbons (Fsp3) is 0.357. The Morgan fingerprint density at radius 1 is 1.11 bits per heavy atom. The van der Waals surface area contributed by atoms with E-state index in [9.17, 15) is 14.4 Å². The van der Waals surface area contributed by atoms with Crippen LogP contribution in [0.2, 0.25) is 0 Å². The largest absolute Gasteiger partial charge is 0.280 e. The summed E-state index contributed by atoms with van der Waals surface area (Å²) >= 11 is 0. The highest BCUT2D eigenvalue weighted by Crippen LogP contribution is 2.21. The minimum Gasteiger partial charge on any atom is -0.273 e. The summed E-state index contributed by atoms with van der Waals surface area (Å²) < 4.78 is 0. The van der Waals surface area contributed by atoms with Crippen LogP contribution in [-0.4, -0.2) is 22.7 Å². The number of hydrazine groups is 1. The van der Waals surface area contributed by atoms with Crippen molar-refractivity contribution in [3.63, 3.8) is 0 Å². The normalized spacial score (nSPS) is 13.9. The zero-order valence-electron chi connectivity index (χ0n) is 11.0. The highest BCUT2D eigenvalue weighted by molar-refractivity contribution is 6.21. The first-order valence-corrected chi connectivity index (χ1v) is 6.38. The third-order valence-electron chi connectivity index (χ3n) is 3.37. The molecule has 1 aromatic carbocycles. The van der Waals surface area contributed by atoms with E-state index in [1.54, 1.807) is 24.3 Å². The van der Waals surface area contributed by atoms with Gasteiger partial charge in [-0.15, -0.1) is 0 Å². The van der Waals surface area contributed by atoms with Crippen LogP contribution in [0, 0.1) is 5.92 Å². The number of carbonyl (C=O) groups excluding carboxylic acids is 3. The minimum atomic E-state index is -0.472. The maximum absolute atomic E-state index is 12.0. The van der Waals surface area contributed by atoms with Crippen LogP contribution >= 0.6 is 0 Å². The molecule has 1 aliphatic rings. The van der Waals surface area contributed by atoms with Crippen LogP contribution in [0.3, 0.4) is 0 Å². The van der Waals surface area contributed by atoms with Crippen molar-refractivity contribution in [1.29, 1.82) is 0 Å². The lowest BCUT2D eigenvalue weighted by Crippen LogP contribution is -2.48. The van der Waals surface area contributed by atoms with Crippen LogP contribution in [0.5, 0.6) is 0 Å². The van der Waals surface area contributed by atoms with E-state index in [-0.39, 0.29) is 11.8 Å². The zero-order valence-corrected chi connectivity index (χ0v) is 11.0. The van der Waals surface area contributed by atoms with E-state index in [1.807, 2.05) is 13.8 Å². The topological polar surface area (TPSA) is 66.5 Å². The molecule has 0 atom stereocenters. The summed E-state index contributed by atoms with van der Waals surface area (Å²) in [4.78, 5) is 36.0. The smallest absolute Gasteiger partial charge is 0.273 e. The second kappa shape index (κ2) is 5.22. The van der Waals surface area contributed by atoms with Crippen molar-refractivity contribution >= 4 is 17.7 Å². The number of nitrogens with zero attached hydrogens (tertiary/aromatic N) is 1. The lowest BCUT2D eigenvalue weighted by Gasteiger charge is -2.18. The number of hydrogen-bond donors (Lipinski definition) is 1. The van der Waals surface area contributed by atoms with Gasteiger partial charge in [0, 0.05) is 5.92 Å². The Morgan fingerprint density at radius 3 is 2.00 bits per heavy atom. The van der Waals surface area contributed by atoms with Crippen LogP contribution in [0.1, 0.15) is 47.4 Å². The first-order chi connectivity index (χ1) is 9.10. The lowest BCUT2D eigenvalue weighted by molar-refractivity contribution is -0.128. The molecule has 100 valence electrons. The van der Waals surface area contributed by atoms with E-state index in [1.165, 1.54) is 0 Å². The summed E-state index contributed by atoms with van der Waals surface area (Å²) in [6.07, 6.45) is 1.34. The minimum absolute atomic E-state index is 0.190. The van der Waals surface area contributed by atoms with E-state index in [0.29, 0.717) is 24.0 Å². The molecule has 0 aromatic heterocycles. The molecule has 5 heteroatoms. The summed E-state index contributed by atoms with van der Waals surface area (Å²) in [5.41, 5.74) is 3.08. The average Bonchev–Trinajstić information content (AvgIpc) is 2.66. The van der Waals surface area contributed by atoms with Crippen LogP contribution in [0.4, 0.5) is 0 Å². The molecular weight excluding hydrogens is 244 g/mol. The van der Waals surface area contributed by atoms with Crippen molar-refractivity contribution in [3.8, 4) is 0 Å². The summed E-state index contributed by atoms with van der Waals surface area (Å²) in [7, 11) is 0. The molecule has 1 N–H and O–H groups in total. The van der Waals surface area contributed by atoms with Gasteiger partial charge >= 0.3 is 0 Å². The number of imide groups is 1. The van der Waals surface area contributed by atoms with Gasteiger partial charge in [-0.25, -0.2) is 0 Å². The molecule has 0 saturated carbocycles. The summed E-state index contributed by atoms with van der Waals surface area (Å²) in [5.74, 6) is -1.43. The Kier molecular flexibility index (Phi) is 3.64. The summed E-state index contributed by atoms with van der Waals surface area (Å²) in [5, 5.41) is 0.811. The standard InChI is InChI=1S/C14H16N2O3/c1-3-9(4-2)12(17)15-16-13(18)10-7-5-6-8-11(10)14(16)19/h5-9H,3-4H2,1-2H3,(H,15,17). The third-order valence-corrected chi connectivity index (χ3v) is 3.37. The summed E-state index contributed by atoms with van der Waals surface area (Å²) in [6.45, 7) is 3.80. The maximum atomic E-state index is 12.0. The molecule has 1 heterocycles. The fourth-order valence-electron chi connectivity index (χ4n) is 2.15. The van der Waals surface area contributed by atoms with Crippen LogP contribution in [0.15, 0.2) is 24.3 Å². The Hall–Kier alpha value is -2.17. The fourth-order valence-corrected chi connectivity index (χ4v) is 2.15. The molecule has 0 spiro atoms. The molecule has 2 rings (SSSR count). The number of amides is 3. The molecule has 1 aromatic rings. The van der Waals surface area contributed by atoms with Crippen molar-refractivity contribution in [2.24, 2.45) is 5.92 Å². The van der Waals surface area contributed by atoms with Crippen LogP contribution in [-0.2, 0) is 4.79 Å². The third kappa shape index (κ3) is 2.23. The van der Waals surface area contributed by atoms with Crippen molar-refractivity contribution in [3.05, 3.63) is 35.4 Å². The zero-order chi connectivity index (χ0) is 14.0. The Morgan fingerprint density at radius 2 is 1.58 bits per heavy atom. The van der Waals surface area contributed by atoms with Gasteiger partial charge in [-0.1, -0.05) is 26.0 Å². The number of carbonyl (C=O) groups is 3. The van der Waals surface area contributed by atoms with Gasteiger partial charge in [0.1, 0.15) is 0 Å². The first-order valence-electron chi connectivity index (χ1n) is 6.38. The Balaban J connectivity index is 2.19. The molecule has 0 radical (unpaired) electrons. The number of nitrogens with one attached hydrogen (secondary N) is 1. The molecule has 0 aliphatic carbocycles. The molecule has 5 nitrogen and oxygen atoms in total. The number of fused-ring (bicyclic) bond motifs is 1. The van der Waals surface area contributed by atoms with Gasteiger partial charge in [-0.3, -0.25) is 19.8 Å². The number of rotatable bonds is 4. The first kappa shape index (κ1) is 13.3. The Bertz CT molecular complexity index is 500. The van der Waals surface area contributed by atoms with Gasteiger partial charge in [0.15, 0.2) is 0 Å². The van der Waals surface area contributed by atoms with Crippen molar-refractivity contribution in [2.75, 3.05) is 0 Å².